The molecule has 15 nitrogen and oxygen atoms in total. The Morgan fingerprint density at radius 1 is 0.865 bits per heavy atom. The molecule has 52 heavy (non-hydrogen) atoms. The number of carbonyl (C=O) groups is 3. The average Bonchev–Trinajstić information content (AvgIpc) is 3.63. The van der Waals surface area contributed by atoms with Gasteiger partial charge in [0.15, 0.2) is 23.1 Å². The van der Waals surface area contributed by atoms with Crippen LogP contribution in [0, 0.1) is 6.92 Å². The first kappa shape index (κ1) is 37.0. The Morgan fingerprint density at radius 2 is 1.48 bits per heavy atom. The number of amides is 3. The van der Waals surface area contributed by atoms with Crippen molar-refractivity contribution < 1.29 is 51.4 Å². The van der Waals surface area contributed by atoms with Crippen molar-refractivity contribution in [2.24, 2.45) is 0 Å². The lowest BCUT2D eigenvalue weighted by Gasteiger charge is -2.31. The van der Waals surface area contributed by atoms with Gasteiger partial charge in [-0.15, -0.1) is 0 Å². The van der Waals surface area contributed by atoms with Crippen molar-refractivity contribution in [1.29, 1.82) is 0 Å². The van der Waals surface area contributed by atoms with Crippen LogP contribution >= 0.6 is 0 Å². The molecule has 3 amide bonds. The third-order valence-electron chi connectivity index (χ3n) is 9.63. The van der Waals surface area contributed by atoms with Crippen LogP contribution in [0.5, 0.6) is 17.2 Å². The highest BCUT2D eigenvalue weighted by molar-refractivity contribution is 7.86. The van der Waals surface area contributed by atoms with Gasteiger partial charge in [-0.05, 0) is 77.5 Å². The van der Waals surface area contributed by atoms with Crippen molar-refractivity contribution in [1.82, 2.24) is 9.80 Å². The fraction of sp³-hybridized carbons (Fsp3) is 0.472. The molecule has 6 rings (SSSR count). The summed E-state index contributed by atoms with van der Waals surface area (Å²) in [6, 6.07) is 4.82. The molecule has 0 aromatic heterocycles. The van der Waals surface area contributed by atoms with E-state index in [4.69, 9.17) is 18.9 Å². The van der Waals surface area contributed by atoms with Crippen LogP contribution in [0.2, 0.25) is 0 Å². The van der Waals surface area contributed by atoms with Crippen LogP contribution < -0.4 is 24.4 Å². The van der Waals surface area contributed by atoms with Crippen molar-refractivity contribution in [3.8, 4) is 17.2 Å². The number of aliphatic hydroxyl groups excluding tert-OH is 1. The minimum atomic E-state index is -4.55. The van der Waals surface area contributed by atoms with E-state index in [1.165, 1.54) is 29.0 Å². The third-order valence-corrected chi connectivity index (χ3v) is 10.7. The van der Waals surface area contributed by atoms with Gasteiger partial charge in [0.2, 0.25) is 0 Å². The highest BCUT2D eigenvalue weighted by Crippen LogP contribution is 2.42. The smallest absolute Gasteiger partial charge is 0.416 e. The zero-order valence-corrected chi connectivity index (χ0v) is 30.6. The molecule has 4 aliphatic rings. The van der Waals surface area contributed by atoms with E-state index in [-0.39, 0.29) is 53.3 Å². The van der Waals surface area contributed by atoms with E-state index in [1.54, 1.807) is 45.3 Å². The normalized spacial score (nSPS) is 22.2. The van der Waals surface area contributed by atoms with Gasteiger partial charge in [-0.25, -0.2) is 9.69 Å². The second-order valence-electron chi connectivity index (χ2n) is 13.4. The van der Waals surface area contributed by atoms with Crippen LogP contribution in [-0.2, 0) is 14.9 Å². The lowest BCUT2D eigenvalue weighted by Crippen LogP contribution is -2.50. The zero-order chi connectivity index (χ0) is 37.5. The minimum absolute atomic E-state index is 0.0774. The lowest BCUT2D eigenvalue weighted by atomic mass is 10.1. The molecule has 280 valence electrons. The number of nitrogens with one attached hydrogen (secondary N) is 1. The van der Waals surface area contributed by atoms with Gasteiger partial charge >= 0.3 is 6.09 Å². The van der Waals surface area contributed by atoms with E-state index in [0.717, 1.165) is 16.0 Å². The largest absolute Gasteiger partial charge is 0.493 e. The molecular weight excluding hydrogens is 696 g/mol. The summed E-state index contributed by atoms with van der Waals surface area (Å²) >= 11 is 0. The lowest BCUT2D eigenvalue weighted by molar-refractivity contribution is 0.0553. The predicted octanol–water partition coefficient (Wildman–Crippen LogP) is 4.80. The summed E-state index contributed by atoms with van der Waals surface area (Å²) in [5, 5.41) is 12.8. The summed E-state index contributed by atoms with van der Waals surface area (Å²) in [7, 11) is -3.10. The molecule has 4 heterocycles. The Hall–Kier alpha value is -4.80. The highest BCUT2D eigenvalue weighted by Gasteiger charge is 2.46. The fourth-order valence-corrected chi connectivity index (χ4v) is 8.04. The molecule has 0 bridgehead atoms. The number of benzene rings is 2. The average molecular weight is 741 g/mol. The van der Waals surface area contributed by atoms with E-state index >= 15 is 0 Å². The van der Waals surface area contributed by atoms with Crippen LogP contribution in [0.1, 0.15) is 79.2 Å². The number of fused-ring (bicyclic) bond motifs is 4. The summed E-state index contributed by atoms with van der Waals surface area (Å²) in [5.74, 6) is 0.311. The molecule has 0 fully saturated rings. The molecule has 2 aromatic rings. The van der Waals surface area contributed by atoms with Gasteiger partial charge in [-0.3, -0.25) is 14.1 Å². The molecular formula is C36H44N4O11S. The van der Waals surface area contributed by atoms with Gasteiger partial charge in [0.25, 0.3) is 21.9 Å². The number of methoxy groups -OCH3 is 1. The first-order valence-electron chi connectivity index (χ1n) is 17.2. The second-order valence-corrected chi connectivity index (χ2v) is 15.0. The number of hydrogen-bond donors (Lipinski definition) is 3. The van der Waals surface area contributed by atoms with Crippen LogP contribution in [0.3, 0.4) is 0 Å². The second kappa shape index (κ2) is 14.7. The summed E-state index contributed by atoms with van der Waals surface area (Å²) in [6.07, 6.45) is 3.83. The van der Waals surface area contributed by atoms with Crippen LogP contribution in [0.15, 0.2) is 47.8 Å². The maximum Gasteiger partial charge on any atom is 0.416 e. The number of unbranched alkanes of at least 4 members (excludes halogenated alkanes) is 2. The maximum atomic E-state index is 13.6. The number of rotatable bonds is 11. The van der Waals surface area contributed by atoms with E-state index in [2.05, 4.69) is 5.32 Å². The highest BCUT2D eigenvalue weighted by atomic mass is 32.2. The van der Waals surface area contributed by atoms with Gasteiger partial charge < -0.3 is 39.2 Å². The molecule has 0 spiro atoms. The van der Waals surface area contributed by atoms with Crippen LogP contribution in [0.25, 0.3) is 0 Å². The number of anilines is 2. The summed E-state index contributed by atoms with van der Waals surface area (Å²) in [6.45, 7) is 7.80. The van der Waals surface area contributed by atoms with Crippen molar-refractivity contribution in [2.75, 3.05) is 37.1 Å². The number of aliphatic hydroxyl groups is 1. The Labute approximate surface area is 302 Å². The Morgan fingerprint density at radius 3 is 2.12 bits per heavy atom. The van der Waals surface area contributed by atoms with Gasteiger partial charge in [-0.1, -0.05) is 11.1 Å². The minimum Gasteiger partial charge on any atom is -0.493 e. The van der Waals surface area contributed by atoms with Crippen molar-refractivity contribution >= 4 is 39.4 Å². The first-order chi connectivity index (χ1) is 24.7. The molecule has 0 saturated carbocycles. The molecule has 0 saturated heterocycles. The fourth-order valence-electron chi connectivity index (χ4n) is 7.14. The van der Waals surface area contributed by atoms with E-state index in [1.807, 2.05) is 6.92 Å². The number of carbonyl (C=O) groups excluding carboxylic acids is 3. The molecule has 2 aromatic carbocycles. The zero-order valence-electron chi connectivity index (χ0n) is 29.7. The molecule has 4 unspecified atom stereocenters. The van der Waals surface area contributed by atoms with Crippen molar-refractivity contribution in [3.63, 3.8) is 0 Å². The van der Waals surface area contributed by atoms with Crippen LogP contribution in [-0.4, -0.2) is 96.4 Å². The Balaban J connectivity index is 1.09. The molecule has 4 aliphatic heterocycles. The first-order valence-corrected chi connectivity index (χ1v) is 18.7. The molecule has 3 N–H and O–H groups in total. The van der Waals surface area contributed by atoms with Gasteiger partial charge in [0.1, 0.15) is 5.75 Å². The van der Waals surface area contributed by atoms with Crippen molar-refractivity contribution in [2.45, 2.75) is 83.5 Å². The summed E-state index contributed by atoms with van der Waals surface area (Å²) in [5.41, 5.74) is 3.29. The maximum absolute atomic E-state index is 13.6. The number of hydrogen-bond acceptors (Lipinski definition) is 11. The summed E-state index contributed by atoms with van der Waals surface area (Å²) in [4.78, 5) is 44.0. The van der Waals surface area contributed by atoms with E-state index < -0.39 is 39.9 Å². The van der Waals surface area contributed by atoms with E-state index in [0.29, 0.717) is 55.8 Å². The van der Waals surface area contributed by atoms with Gasteiger partial charge in [0.05, 0.1) is 61.5 Å². The van der Waals surface area contributed by atoms with Crippen molar-refractivity contribution in [3.05, 3.63) is 64.5 Å². The SMILES string of the molecule is CCOC(=O)N1c2cc(OCCCCCOc3cc4c(cc3C)C(=O)N3C=C(C)CC3C(S(=O)(=O)O)N4)c(OC)cc2C(=O)N2C=C(C)CC2C1O. The van der Waals surface area contributed by atoms with Crippen LogP contribution in [0.4, 0.5) is 16.2 Å². The van der Waals surface area contributed by atoms with E-state index in [9.17, 15) is 32.5 Å². The standard InChI is InChI=1S/C36H44N4O11S/c1-6-49-36(44)40-26-17-31(30(48-5)15-24(26)34(42)39-19-21(3)13-28(39)35(40)43)51-11-9-7-8-10-50-29-16-25-23(14-22(29)4)33(41)38-18-20(2)12-27(38)32(37-25)52(45,46)47/h14-19,27-28,32,35,37,43H,6-13H2,1-5H3,(H,45,46,47). The Bertz CT molecular complexity index is 1950. The monoisotopic (exact) mass is 740 g/mol. The molecule has 0 aliphatic carbocycles. The molecule has 4 atom stereocenters. The number of ether oxygens (including phenoxy) is 4. The number of aryl methyl sites for hydroxylation is 1. The predicted molar refractivity (Wildman–Crippen MR) is 190 cm³/mol. The quantitative estimate of drug-likeness (QED) is 0.212. The molecule has 16 heteroatoms. The van der Waals surface area contributed by atoms with Gasteiger partial charge in [0, 0.05) is 24.5 Å². The topological polar surface area (TPSA) is 184 Å². The third kappa shape index (κ3) is 7.01. The number of nitrogens with zero attached hydrogens (tertiary/aromatic N) is 3. The molecule has 0 radical (unpaired) electrons. The van der Waals surface area contributed by atoms with Gasteiger partial charge in [-0.2, -0.15) is 8.42 Å². The Kier molecular flexibility index (Phi) is 10.4. The summed E-state index contributed by atoms with van der Waals surface area (Å²) < 4.78 is 57.6.